The van der Waals surface area contributed by atoms with E-state index in [0.717, 1.165) is 16.9 Å². The van der Waals surface area contributed by atoms with Gasteiger partial charge in [0.15, 0.2) is 0 Å². The maximum atomic E-state index is 12.9. The molecule has 0 radical (unpaired) electrons. The molecule has 0 bridgehead atoms. The van der Waals surface area contributed by atoms with Crippen LogP contribution >= 0.6 is 0 Å². The number of hydrogen-bond acceptors (Lipinski definition) is 6. The van der Waals surface area contributed by atoms with E-state index >= 15 is 0 Å². The number of para-hydroxylation sites is 2. The summed E-state index contributed by atoms with van der Waals surface area (Å²) in [5, 5.41) is 10.8. The van der Waals surface area contributed by atoms with E-state index in [1.807, 2.05) is 36.2 Å². The van der Waals surface area contributed by atoms with Crippen molar-refractivity contribution in [3.63, 3.8) is 0 Å². The number of hydrogen-bond donors (Lipinski definition) is 3. The van der Waals surface area contributed by atoms with Gasteiger partial charge in [-0.1, -0.05) is 12.1 Å². The molecular weight excluding hydrogens is 400 g/mol. The van der Waals surface area contributed by atoms with Crippen molar-refractivity contribution in [1.29, 1.82) is 0 Å². The fourth-order valence-corrected chi connectivity index (χ4v) is 4.03. The van der Waals surface area contributed by atoms with E-state index in [4.69, 9.17) is 0 Å². The minimum Gasteiger partial charge on any atom is -0.388 e. The summed E-state index contributed by atoms with van der Waals surface area (Å²) in [7, 11) is 1.84. The Balaban J connectivity index is 1.44. The highest BCUT2D eigenvalue weighted by atomic mass is 16.3. The Morgan fingerprint density at radius 1 is 1.29 bits per heavy atom. The molecule has 4 rings (SSSR count). The summed E-state index contributed by atoms with van der Waals surface area (Å²) in [6, 6.07) is 8.33. The van der Waals surface area contributed by atoms with Gasteiger partial charge in [-0.2, -0.15) is 0 Å². The molecule has 1 aromatic carbocycles. The number of aromatic nitrogens is 4. The molecule has 3 N–H and O–H groups in total. The van der Waals surface area contributed by atoms with Gasteiger partial charge in [-0.15, -0.1) is 0 Å². The van der Waals surface area contributed by atoms with Gasteiger partial charge in [0.1, 0.15) is 5.82 Å². The molecule has 2 aromatic heterocycles. The van der Waals surface area contributed by atoms with Crippen LogP contribution in [-0.4, -0.2) is 72.6 Å². The first-order chi connectivity index (χ1) is 14.7. The second kappa shape index (κ2) is 8.12. The molecule has 0 unspecified atom stereocenters. The monoisotopic (exact) mass is 426 g/mol. The molecule has 3 heterocycles. The largest absolute Gasteiger partial charge is 0.388 e. The molecule has 0 saturated carbocycles. The Kier molecular flexibility index (Phi) is 5.50. The number of likely N-dealkylation sites (N-methyl/N-ethyl adjacent to an activating group) is 1. The smallest absolute Gasteiger partial charge is 0.328 e. The van der Waals surface area contributed by atoms with Crippen LogP contribution < -0.4 is 11.2 Å². The van der Waals surface area contributed by atoms with Crippen LogP contribution in [-0.2, 0) is 11.3 Å². The first kappa shape index (κ1) is 21.0. The zero-order valence-corrected chi connectivity index (χ0v) is 17.5. The summed E-state index contributed by atoms with van der Waals surface area (Å²) in [6.45, 7) is 2.86. The van der Waals surface area contributed by atoms with E-state index in [0.29, 0.717) is 19.5 Å². The van der Waals surface area contributed by atoms with E-state index in [1.54, 1.807) is 11.8 Å². The van der Waals surface area contributed by atoms with Gasteiger partial charge in [0.2, 0.25) is 5.91 Å². The highest BCUT2D eigenvalue weighted by Crippen LogP contribution is 2.30. The Morgan fingerprint density at radius 2 is 2.06 bits per heavy atom. The van der Waals surface area contributed by atoms with Crippen molar-refractivity contribution >= 4 is 16.9 Å². The van der Waals surface area contributed by atoms with Gasteiger partial charge in [0.25, 0.3) is 5.56 Å². The number of aromatic amines is 2. The van der Waals surface area contributed by atoms with Crippen LogP contribution in [0, 0.1) is 0 Å². The van der Waals surface area contributed by atoms with Crippen LogP contribution in [0.15, 0.2) is 46.1 Å². The number of piperidine rings is 1. The minimum atomic E-state index is -1.18. The third-order valence-electron chi connectivity index (χ3n) is 5.80. The first-order valence-electron chi connectivity index (χ1n) is 10.2. The molecule has 10 nitrogen and oxygen atoms in total. The van der Waals surface area contributed by atoms with Crippen molar-refractivity contribution in [3.05, 3.63) is 63.2 Å². The number of imidazole rings is 1. The van der Waals surface area contributed by atoms with Gasteiger partial charge >= 0.3 is 5.69 Å². The minimum absolute atomic E-state index is 0.100. The summed E-state index contributed by atoms with van der Waals surface area (Å²) >= 11 is 0. The molecule has 1 amide bonds. The maximum Gasteiger partial charge on any atom is 0.328 e. The number of amides is 1. The average molecular weight is 426 g/mol. The zero-order chi connectivity index (χ0) is 22.2. The van der Waals surface area contributed by atoms with Crippen LogP contribution in [0.2, 0.25) is 0 Å². The number of rotatable bonds is 5. The molecule has 1 saturated heterocycles. The predicted molar refractivity (Wildman–Crippen MR) is 115 cm³/mol. The lowest BCUT2D eigenvalue weighted by Crippen LogP contribution is -2.56. The molecule has 3 aromatic rings. The van der Waals surface area contributed by atoms with Crippen molar-refractivity contribution < 1.29 is 9.90 Å². The van der Waals surface area contributed by atoms with Gasteiger partial charge in [-0.3, -0.25) is 24.0 Å². The lowest BCUT2D eigenvalue weighted by Gasteiger charge is -2.43. The number of carbonyl (C=O) groups is 1. The Hall–Kier alpha value is -3.24. The molecule has 10 heteroatoms. The van der Waals surface area contributed by atoms with E-state index < -0.39 is 22.9 Å². The van der Waals surface area contributed by atoms with Gasteiger partial charge in [-0.05, 0) is 32.5 Å². The molecule has 0 aliphatic carbocycles. The molecule has 31 heavy (non-hydrogen) atoms. The Labute approximate surface area is 178 Å². The fraction of sp³-hybridized carbons (Fsp3) is 0.429. The zero-order valence-electron chi connectivity index (χ0n) is 17.5. The van der Waals surface area contributed by atoms with Crippen LogP contribution in [0.5, 0.6) is 0 Å². The quantitative estimate of drug-likeness (QED) is 0.530. The summed E-state index contributed by atoms with van der Waals surface area (Å²) < 4.78 is 1.29. The second-order valence-corrected chi connectivity index (χ2v) is 8.35. The molecule has 0 spiro atoms. The number of fused-ring (bicyclic) bond motifs is 1. The van der Waals surface area contributed by atoms with Crippen molar-refractivity contribution in [3.8, 4) is 0 Å². The lowest BCUT2D eigenvalue weighted by molar-refractivity contribution is -0.139. The normalized spacial score (nSPS) is 21.7. The Bertz CT molecular complexity index is 1180. The van der Waals surface area contributed by atoms with Crippen LogP contribution in [0.4, 0.5) is 0 Å². The van der Waals surface area contributed by atoms with Gasteiger partial charge < -0.3 is 15.0 Å². The van der Waals surface area contributed by atoms with Gasteiger partial charge in [-0.25, -0.2) is 9.78 Å². The number of benzene rings is 1. The van der Waals surface area contributed by atoms with Crippen molar-refractivity contribution in [2.24, 2.45) is 0 Å². The second-order valence-electron chi connectivity index (χ2n) is 8.35. The van der Waals surface area contributed by atoms with Crippen LogP contribution in [0.3, 0.4) is 0 Å². The highest BCUT2D eigenvalue weighted by molar-refractivity contribution is 5.78. The SMILES string of the molecule is CN(CC(=O)N1CC[C@@](C)(O)[C@H](n2ccc(=O)[nH]c2=O)C1)Cc1nc2ccccc2[nH]1. The van der Waals surface area contributed by atoms with E-state index in [2.05, 4.69) is 15.0 Å². The molecular formula is C21H26N6O4. The number of nitrogens with one attached hydrogen (secondary N) is 2. The number of carbonyl (C=O) groups excluding carboxylic acids is 1. The molecule has 1 fully saturated rings. The summed E-state index contributed by atoms with van der Waals surface area (Å²) in [6.07, 6.45) is 1.68. The number of H-pyrrole nitrogens is 2. The summed E-state index contributed by atoms with van der Waals surface area (Å²) in [5.41, 5.74) is -0.459. The summed E-state index contributed by atoms with van der Waals surface area (Å²) in [5.74, 6) is 0.673. The van der Waals surface area contributed by atoms with Crippen molar-refractivity contribution in [1.82, 2.24) is 29.3 Å². The Morgan fingerprint density at radius 3 is 2.81 bits per heavy atom. The summed E-state index contributed by atoms with van der Waals surface area (Å²) in [4.78, 5) is 50.0. The average Bonchev–Trinajstić information content (AvgIpc) is 3.10. The standard InChI is InChI=1S/C21H26N6O4/c1-21(31)8-10-26(11-16(21)27-9-7-18(28)24-20(27)30)19(29)13-25(2)12-17-22-14-5-3-4-6-15(14)23-17/h3-7,9,16,31H,8,10-13H2,1-2H3,(H,22,23)(H,24,28,30)/t16-,21-/m1/s1. The van der Waals surface area contributed by atoms with Crippen molar-refractivity contribution in [2.45, 2.75) is 31.5 Å². The van der Waals surface area contributed by atoms with Gasteiger partial charge in [0.05, 0.1) is 35.8 Å². The topological polar surface area (TPSA) is 127 Å². The van der Waals surface area contributed by atoms with E-state index in [1.165, 1.54) is 16.8 Å². The van der Waals surface area contributed by atoms with Crippen LogP contribution in [0.1, 0.15) is 25.2 Å². The number of nitrogens with zero attached hydrogens (tertiary/aromatic N) is 4. The fourth-order valence-electron chi connectivity index (χ4n) is 4.03. The molecule has 2 atom stereocenters. The number of likely N-dealkylation sites (tertiary alicyclic amines) is 1. The predicted octanol–water partition coefficient (Wildman–Crippen LogP) is 0.0693. The first-order valence-corrected chi connectivity index (χ1v) is 10.2. The third kappa shape index (κ3) is 4.44. The van der Waals surface area contributed by atoms with E-state index in [9.17, 15) is 19.5 Å². The highest BCUT2D eigenvalue weighted by Gasteiger charge is 2.40. The maximum absolute atomic E-state index is 12.9. The third-order valence-corrected chi connectivity index (χ3v) is 5.80. The lowest BCUT2D eigenvalue weighted by atomic mass is 9.88. The van der Waals surface area contributed by atoms with Gasteiger partial charge in [0, 0.05) is 25.4 Å². The van der Waals surface area contributed by atoms with Crippen molar-refractivity contribution in [2.75, 3.05) is 26.7 Å². The van der Waals surface area contributed by atoms with Crippen LogP contribution in [0.25, 0.3) is 11.0 Å². The molecule has 1 aliphatic rings. The molecule has 164 valence electrons. The van der Waals surface area contributed by atoms with E-state index in [-0.39, 0.29) is 19.0 Å². The number of aliphatic hydroxyl groups is 1. The molecule has 1 aliphatic heterocycles.